The third-order valence-electron chi connectivity index (χ3n) is 7.08. The predicted molar refractivity (Wildman–Crippen MR) is 112 cm³/mol. The van der Waals surface area contributed by atoms with E-state index in [1.807, 2.05) is 0 Å². The summed E-state index contributed by atoms with van der Waals surface area (Å²) in [6, 6.07) is 8.89. The summed E-state index contributed by atoms with van der Waals surface area (Å²) in [7, 11) is 0. The first-order chi connectivity index (χ1) is 13.7. The molecule has 0 saturated heterocycles. The van der Waals surface area contributed by atoms with Gasteiger partial charge in [-0.15, -0.1) is 0 Å². The van der Waals surface area contributed by atoms with Gasteiger partial charge in [-0.2, -0.15) is 5.26 Å². The van der Waals surface area contributed by atoms with Gasteiger partial charge in [0.15, 0.2) is 0 Å². The van der Waals surface area contributed by atoms with E-state index >= 15 is 0 Å². The molecule has 152 valence electrons. The molecule has 0 heterocycles. The van der Waals surface area contributed by atoms with Gasteiger partial charge in [-0.05, 0) is 80.5 Å². The molecule has 0 bridgehead atoms. The number of hydrogen-bond acceptors (Lipinski definition) is 3. The molecule has 2 fully saturated rings. The van der Waals surface area contributed by atoms with Gasteiger partial charge in [0, 0.05) is 0 Å². The minimum atomic E-state index is -0.0946. The van der Waals surface area contributed by atoms with Crippen LogP contribution in [0.5, 0.6) is 5.75 Å². The Kier molecular flexibility index (Phi) is 7.95. The van der Waals surface area contributed by atoms with Gasteiger partial charge in [0.2, 0.25) is 0 Å². The maximum absolute atomic E-state index is 12.5. The highest BCUT2D eigenvalue weighted by atomic mass is 16.5. The van der Waals surface area contributed by atoms with Gasteiger partial charge in [0.05, 0.1) is 17.6 Å². The molecule has 2 aliphatic rings. The molecule has 3 heteroatoms. The van der Waals surface area contributed by atoms with E-state index in [0.717, 1.165) is 30.6 Å². The van der Waals surface area contributed by atoms with Gasteiger partial charge >= 0.3 is 5.97 Å². The molecule has 0 unspecified atom stereocenters. The van der Waals surface area contributed by atoms with Crippen LogP contribution in [-0.2, 0) is 4.79 Å². The lowest BCUT2D eigenvalue weighted by atomic mass is 9.68. The maximum Gasteiger partial charge on any atom is 0.314 e. The normalized spacial score (nSPS) is 27.7. The van der Waals surface area contributed by atoms with Gasteiger partial charge in [-0.25, -0.2) is 0 Å². The molecule has 3 rings (SSSR count). The van der Waals surface area contributed by atoms with Crippen LogP contribution in [0.1, 0.15) is 89.5 Å². The van der Waals surface area contributed by atoms with Crippen LogP contribution in [0.3, 0.4) is 0 Å². The highest BCUT2D eigenvalue weighted by Gasteiger charge is 2.33. The van der Waals surface area contributed by atoms with Crippen LogP contribution >= 0.6 is 0 Å². The van der Waals surface area contributed by atoms with Crippen molar-refractivity contribution in [2.24, 2.45) is 23.7 Å². The number of esters is 1. The molecule has 0 aromatic heterocycles. The Morgan fingerprint density at radius 2 is 1.57 bits per heavy atom. The summed E-state index contributed by atoms with van der Waals surface area (Å²) >= 11 is 0. The standard InChI is InChI=1S/C25H35NO2/c1-2-3-4-5-19-6-10-21(11-7-19)22-12-14-23(15-13-22)25(27)28-24-16-8-20(18-26)9-17-24/h8-9,16-17,19,21-23H,2-7,10-15H2,1H3. The zero-order chi connectivity index (χ0) is 19.8. The second-order valence-corrected chi connectivity index (χ2v) is 8.95. The second-order valence-electron chi connectivity index (χ2n) is 8.95. The van der Waals surface area contributed by atoms with Crippen LogP contribution < -0.4 is 4.74 Å². The summed E-state index contributed by atoms with van der Waals surface area (Å²) in [6.45, 7) is 2.29. The molecular formula is C25H35NO2. The molecule has 0 spiro atoms. The number of ether oxygens (including phenoxy) is 1. The highest BCUT2D eigenvalue weighted by molar-refractivity contribution is 5.75. The average molecular weight is 382 g/mol. The Morgan fingerprint density at radius 3 is 2.14 bits per heavy atom. The monoisotopic (exact) mass is 381 g/mol. The molecule has 2 saturated carbocycles. The lowest BCUT2D eigenvalue weighted by Crippen LogP contribution is -2.30. The summed E-state index contributed by atoms with van der Waals surface area (Å²) in [5.41, 5.74) is 0.584. The molecular weight excluding hydrogens is 346 g/mol. The van der Waals surface area contributed by atoms with Crippen LogP contribution in [0.2, 0.25) is 0 Å². The Balaban J connectivity index is 1.38. The molecule has 28 heavy (non-hydrogen) atoms. The van der Waals surface area contributed by atoms with Crippen LogP contribution in [0.4, 0.5) is 0 Å². The predicted octanol–water partition coefficient (Wildman–Crippen LogP) is 6.66. The van der Waals surface area contributed by atoms with Crippen molar-refractivity contribution in [1.29, 1.82) is 5.26 Å². The summed E-state index contributed by atoms with van der Waals surface area (Å²) in [5, 5.41) is 8.85. The van der Waals surface area contributed by atoms with Gasteiger partial charge in [0.25, 0.3) is 0 Å². The lowest BCUT2D eigenvalue weighted by molar-refractivity contribution is -0.140. The van der Waals surface area contributed by atoms with E-state index in [9.17, 15) is 4.79 Å². The number of carbonyl (C=O) groups excluding carboxylic acids is 1. The fraction of sp³-hybridized carbons (Fsp3) is 0.680. The Labute approximate surface area is 170 Å². The molecule has 0 atom stereocenters. The smallest absolute Gasteiger partial charge is 0.314 e. The van der Waals surface area contributed by atoms with Crippen molar-refractivity contribution in [1.82, 2.24) is 0 Å². The number of benzene rings is 1. The van der Waals surface area contributed by atoms with Crippen LogP contribution in [0, 0.1) is 35.0 Å². The minimum absolute atomic E-state index is 0.0391. The van der Waals surface area contributed by atoms with Gasteiger partial charge < -0.3 is 4.74 Å². The Hall–Kier alpha value is -1.82. The third-order valence-corrected chi connectivity index (χ3v) is 7.08. The van der Waals surface area contributed by atoms with Crippen molar-refractivity contribution < 1.29 is 9.53 Å². The van der Waals surface area contributed by atoms with E-state index < -0.39 is 0 Å². The zero-order valence-electron chi connectivity index (χ0n) is 17.4. The van der Waals surface area contributed by atoms with Gasteiger partial charge in [-0.1, -0.05) is 45.4 Å². The minimum Gasteiger partial charge on any atom is -0.426 e. The second kappa shape index (κ2) is 10.6. The van der Waals surface area contributed by atoms with Crippen LogP contribution in [0.15, 0.2) is 24.3 Å². The number of nitriles is 1. The fourth-order valence-electron chi connectivity index (χ4n) is 5.25. The summed E-state index contributed by atoms with van der Waals surface area (Å²) in [6.07, 6.45) is 15.5. The van der Waals surface area contributed by atoms with Crippen molar-refractivity contribution in [2.45, 2.75) is 84.0 Å². The zero-order valence-corrected chi connectivity index (χ0v) is 17.4. The summed E-state index contributed by atoms with van der Waals surface area (Å²) in [4.78, 5) is 12.5. The van der Waals surface area contributed by atoms with E-state index in [0.29, 0.717) is 11.3 Å². The first kappa shape index (κ1) is 20.9. The largest absolute Gasteiger partial charge is 0.426 e. The van der Waals surface area contributed by atoms with Gasteiger partial charge in [0.1, 0.15) is 5.75 Å². The van der Waals surface area contributed by atoms with Crippen molar-refractivity contribution in [3.8, 4) is 11.8 Å². The van der Waals surface area contributed by atoms with Gasteiger partial charge in [-0.3, -0.25) is 4.79 Å². The quantitative estimate of drug-likeness (QED) is 0.301. The molecule has 1 aromatic rings. The van der Waals surface area contributed by atoms with E-state index in [1.165, 1.54) is 64.2 Å². The molecule has 0 aliphatic heterocycles. The molecule has 2 aliphatic carbocycles. The Bertz CT molecular complexity index is 644. The van der Waals surface area contributed by atoms with E-state index in [-0.39, 0.29) is 11.9 Å². The van der Waals surface area contributed by atoms with Crippen molar-refractivity contribution in [3.63, 3.8) is 0 Å². The van der Waals surface area contributed by atoms with Crippen molar-refractivity contribution in [2.75, 3.05) is 0 Å². The molecule has 0 amide bonds. The van der Waals surface area contributed by atoms with Crippen LogP contribution in [-0.4, -0.2) is 5.97 Å². The SMILES string of the molecule is CCCCCC1CCC(C2CCC(C(=O)Oc3ccc(C#N)cc3)CC2)CC1. The highest BCUT2D eigenvalue weighted by Crippen LogP contribution is 2.42. The van der Waals surface area contributed by atoms with E-state index in [2.05, 4.69) is 13.0 Å². The van der Waals surface area contributed by atoms with E-state index in [1.54, 1.807) is 24.3 Å². The van der Waals surface area contributed by atoms with E-state index in [4.69, 9.17) is 10.00 Å². The summed E-state index contributed by atoms with van der Waals surface area (Å²) < 4.78 is 5.55. The number of nitrogens with zero attached hydrogens (tertiary/aromatic N) is 1. The maximum atomic E-state index is 12.5. The Morgan fingerprint density at radius 1 is 0.964 bits per heavy atom. The van der Waals surface area contributed by atoms with Crippen molar-refractivity contribution >= 4 is 5.97 Å². The fourth-order valence-corrected chi connectivity index (χ4v) is 5.25. The van der Waals surface area contributed by atoms with Crippen LogP contribution in [0.25, 0.3) is 0 Å². The summed E-state index contributed by atoms with van der Waals surface area (Å²) in [5.74, 6) is 3.17. The molecule has 3 nitrogen and oxygen atoms in total. The molecule has 0 radical (unpaired) electrons. The first-order valence-corrected chi connectivity index (χ1v) is 11.4. The first-order valence-electron chi connectivity index (χ1n) is 11.4. The third kappa shape index (κ3) is 5.84. The number of rotatable bonds is 7. The molecule has 1 aromatic carbocycles. The topological polar surface area (TPSA) is 50.1 Å². The number of unbranched alkanes of at least 4 members (excludes halogenated alkanes) is 2. The average Bonchev–Trinajstić information content (AvgIpc) is 2.75. The lowest BCUT2D eigenvalue weighted by Gasteiger charge is -2.37. The number of hydrogen-bond donors (Lipinski definition) is 0. The number of carbonyl (C=O) groups is 1. The van der Waals surface area contributed by atoms with Crippen molar-refractivity contribution in [3.05, 3.63) is 29.8 Å². The molecule has 0 N–H and O–H groups in total.